The van der Waals surface area contributed by atoms with Crippen molar-refractivity contribution < 1.29 is 17.9 Å². The van der Waals surface area contributed by atoms with E-state index in [0.717, 1.165) is 24.8 Å². The summed E-state index contributed by atoms with van der Waals surface area (Å²) in [4.78, 5) is 0.269. The van der Waals surface area contributed by atoms with Crippen molar-refractivity contribution in [3.8, 4) is 5.75 Å². The number of sulfonamides is 1. The second-order valence-corrected chi connectivity index (χ2v) is 7.43. The van der Waals surface area contributed by atoms with Gasteiger partial charge in [-0.15, -0.1) is 0 Å². The Balaban J connectivity index is 2.21. The molecule has 0 amide bonds. The summed E-state index contributed by atoms with van der Waals surface area (Å²) < 4.78 is 38.1. The minimum absolute atomic E-state index is 0.269. The highest BCUT2D eigenvalue weighted by atomic mass is 32.2. The molecule has 1 saturated heterocycles. The van der Waals surface area contributed by atoms with Crippen LogP contribution in [0.1, 0.15) is 31.7 Å². The van der Waals surface area contributed by atoms with Crippen molar-refractivity contribution in [2.24, 2.45) is 0 Å². The van der Waals surface area contributed by atoms with E-state index in [2.05, 4.69) is 6.92 Å². The quantitative estimate of drug-likeness (QED) is 0.722. The maximum Gasteiger partial charge on any atom is 0.246 e. The highest BCUT2D eigenvalue weighted by Crippen LogP contribution is 2.28. The molecule has 0 atom stereocenters. The van der Waals surface area contributed by atoms with Gasteiger partial charge in [0.05, 0.1) is 19.8 Å². The Bertz CT molecular complexity index is 580. The largest absolute Gasteiger partial charge is 0.492 e. The van der Waals surface area contributed by atoms with Gasteiger partial charge >= 0.3 is 0 Å². The number of hydrogen-bond donors (Lipinski definition) is 0. The second kappa shape index (κ2) is 7.94. The van der Waals surface area contributed by atoms with E-state index in [9.17, 15) is 8.42 Å². The second-order valence-electron chi connectivity index (χ2n) is 5.52. The van der Waals surface area contributed by atoms with E-state index < -0.39 is 10.0 Å². The zero-order chi connectivity index (χ0) is 16.0. The fourth-order valence-electron chi connectivity index (χ4n) is 2.40. The van der Waals surface area contributed by atoms with Gasteiger partial charge < -0.3 is 9.47 Å². The van der Waals surface area contributed by atoms with E-state index in [1.165, 1.54) is 4.31 Å². The molecular weight excluding hydrogens is 302 g/mol. The zero-order valence-electron chi connectivity index (χ0n) is 13.4. The van der Waals surface area contributed by atoms with Crippen LogP contribution in [0.2, 0.25) is 0 Å². The predicted octanol–water partition coefficient (Wildman–Crippen LogP) is 2.58. The standard InChI is InChI=1S/C16H25NO4S/c1-3-4-5-10-21-15-7-6-14(2)13-16(15)22(18,19)17-8-11-20-12-9-17/h6-7,13H,3-5,8-12H2,1-2H3. The molecule has 0 bridgehead atoms. The number of nitrogens with zero attached hydrogens (tertiary/aromatic N) is 1. The van der Waals surface area contributed by atoms with Crippen molar-refractivity contribution in [2.45, 2.75) is 38.0 Å². The third-order valence-corrected chi connectivity index (χ3v) is 5.61. The van der Waals surface area contributed by atoms with E-state index in [0.29, 0.717) is 38.7 Å². The summed E-state index contributed by atoms with van der Waals surface area (Å²) >= 11 is 0. The van der Waals surface area contributed by atoms with Crippen LogP contribution in [0, 0.1) is 6.92 Å². The molecule has 1 aliphatic heterocycles. The SMILES string of the molecule is CCCCCOc1ccc(C)cc1S(=O)(=O)N1CCOCC1. The van der Waals surface area contributed by atoms with Crippen molar-refractivity contribution in [1.29, 1.82) is 0 Å². The van der Waals surface area contributed by atoms with Gasteiger partial charge in [0, 0.05) is 13.1 Å². The van der Waals surface area contributed by atoms with Crippen LogP contribution in [0.4, 0.5) is 0 Å². The highest BCUT2D eigenvalue weighted by Gasteiger charge is 2.29. The summed E-state index contributed by atoms with van der Waals surface area (Å²) in [6.45, 7) is 6.23. The Hall–Kier alpha value is -1.11. The molecule has 0 unspecified atom stereocenters. The van der Waals surface area contributed by atoms with Gasteiger partial charge in [-0.1, -0.05) is 25.8 Å². The van der Waals surface area contributed by atoms with Crippen LogP contribution in [0.5, 0.6) is 5.75 Å². The van der Waals surface area contributed by atoms with Crippen LogP contribution in [-0.2, 0) is 14.8 Å². The van der Waals surface area contributed by atoms with Gasteiger partial charge in [0.2, 0.25) is 10.0 Å². The normalized spacial score (nSPS) is 16.6. The molecule has 1 aliphatic rings. The van der Waals surface area contributed by atoms with Gasteiger partial charge in [-0.2, -0.15) is 4.31 Å². The van der Waals surface area contributed by atoms with Crippen LogP contribution < -0.4 is 4.74 Å². The van der Waals surface area contributed by atoms with E-state index in [1.54, 1.807) is 12.1 Å². The Morgan fingerprint density at radius 3 is 2.64 bits per heavy atom. The number of hydrogen-bond acceptors (Lipinski definition) is 4. The summed E-state index contributed by atoms with van der Waals surface area (Å²) in [5.41, 5.74) is 0.910. The smallest absolute Gasteiger partial charge is 0.246 e. The van der Waals surface area contributed by atoms with E-state index in [4.69, 9.17) is 9.47 Å². The Morgan fingerprint density at radius 1 is 1.23 bits per heavy atom. The molecule has 1 aromatic rings. The van der Waals surface area contributed by atoms with Gasteiger partial charge in [-0.3, -0.25) is 0 Å². The van der Waals surface area contributed by atoms with Crippen LogP contribution in [-0.4, -0.2) is 45.6 Å². The molecule has 0 aliphatic carbocycles. The molecule has 2 rings (SSSR count). The molecule has 1 heterocycles. The van der Waals surface area contributed by atoms with Gasteiger partial charge in [-0.05, 0) is 31.0 Å². The maximum atomic E-state index is 12.8. The molecule has 0 spiro atoms. The van der Waals surface area contributed by atoms with E-state index in [-0.39, 0.29) is 4.90 Å². The highest BCUT2D eigenvalue weighted by molar-refractivity contribution is 7.89. The third-order valence-electron chi connectivity index (χ3n) is 3.69. The minimum Gasteiger partial charge on any atom is -0.492 e. The van der Waals surface area contributed by atoms with Crippen LogP contribution in [0.15, 0.2) is 23.1 Å². The monoisotopic (exact) mass is 327 g/mol. The lowest BCUT2D eigenvalue weighted by molar-refractivity contribution is 0.0729. The molecule has 0 N–H and O–H groups in total. The average molecular weight is 327 g/mol. The van der Waals surface area contributed by atoms with Crippen LogP contribution in [0.25, 0.3) is 0 Å². The molecule has 1 aromatic carbocycles. The summed E-state index contributed by atoms with van der Waals surface area (Å²) in [5.74, 6) is 0.452. The Kier molecular flexibility index (Phi) is 6.23. The van der Waals surface area contributed by atoms with Gasteiger partial charge in [0.1, 0.15) is 10.6 Å². The third kappa shape index (κ3) is 4.21. The summed E-state index contributed by atoms with van der Waals surface area (Å²) in [5, 5.41) is 0. The lowest BCUT2D eigenvalue weighted by Crippen LogP contribution is -2.40. The first-order valence-electron chi connectivity index (χ1n) is 7.87. The zero-order valence-corrected chi connectivity index (χ0v) is 14.2. The summed E-state index contributed by atoms with van der Waals surface area (Å²) in [7, 11) is -3.53. The Morgan fingerprint density at radius 2 is 1.95 bits per heavy atom. The van der Waals surface area contributed by atoms with Crippen molar-refractivity contribution in [1.82, 2.24) is 4.31 Å². The average Bonchev–Trinajstić information content (AvgIpc) is 2.53. The number of unbranched alkanes of at least 4 members (excludes halogenated alkanes) is 2. The predicted molar refractivity (Wildman–Crippen MR) is 85.8 cm³/mol. The number of ether oxygens (including phenoxy) is 2. The van der Waals surface area contributed by atoms with Gasteiger partial charge in [-0.25, -0.2) is 8.42 Å². The molecule has 0 radical (unpaired) electrons. The number of aryl methyl sites for hydroxylation is 1. The molecular formula is C16H25NO4S. The Labute approximate surface area is 133 Å². The maximum absolute atomic E-state index is 12.8. The topological polar surface area (TPSA) is 55.8 Å². The molecule has 1 fully saturated rings. The first kappa shape index (κ1) is 17.2. The molecule has 6 heteroatoms. The molecule has 124 valence electrons. The molecule has 22 heavy (non-hydrogen) atoms. The van der Waals surface area contributed by atoms with Crippen LogP contribution in [0.3, 0.4) is 0 Å². The first-order chi connectivity index (χ1) is 10.6. The van der Waals surface area contributed by atoms with E-state index in [1.807, 2.05) is 13.0 Å². The lowest BCUT2D eigenvalue weighted by Gasteiger charge is -2.27. The van der Waals surface area contributed by atoms with Crippen molar-refractivity contribution >= 4 is 10.0 Å². The molecule has 5 nitrogen and oxygen atoms in total. The number of benzene rings is 1. The molecule has 0 aromatic heterocycles. The van der Waals surface area contributed by atoms with Gasteiger partial charge in [0.25, 0.3) is 0 Å². The summed E-state index contributed by atoms with van der Waals surface area (Å²) in [6, 6.07) is 5.34. The fraction of sp³-hybridized carbons (Fsp3) is 0.625. The number of morpholine rings is 1. The van der Waals surface area contributed by atoms with Gasteiger partial charge in [0.15, 0.2) is 0 Å². The summed E-state index contributed by atoms with van der Waals surface area (Å²) in [6.07, 6.45) is 3.12. The molecule has 0 saturated carbocycles. The van der Waals surface area contributed by atoms with E-state index >= 15 is 0 Å². The first-order valence-corrected chi connectivity index (χ1v) is 9.31. The fourth-order valence-corrected chi connectivity index (χ4v) is 4.02. The number of rotatable bonds is 7. The van der Waals surface area contributed by atoms with Crippen molar-refractivity contribution in [2.75, 3.05) is 32.9 Å². The lowest BCUT2D eigenvalue weighted by atomic mass is 10.2. The van der Waals surface area contributed by atoms with Crippen LogP contribution >= 0.6 is 0 Å². The minimum atomic E-state index is -3.53. The van der Waals surface area contributed by atoms with Crippen molar-refractivity contribution in [3.05, 3.63) is 23.8 Å². The van der Waals surface area contributed by atoms with Crippen molar-refractivity contribution in [3.63, 3.8) is 0 Å².